The molecule has 0 heterocycles. The van der Waals surface area contributed by atoms with Crippen molar-refractivity contribution in [3.8, 4) is 0 Å². The molecule has 0 spiro atoms. The van der Waals surface area contributed by atoms with Gasteiger partial charge in [-0.3, -0.25) is 0 Å². The minimum absolute atomic E-state index is 0. The molecule has 0 aliphatic carbocycles. The second kappa shape index (κ2) is 19.0. The Kier molecular flexibility index (Phi) is 34.7. The largest absolute Gasteiger partial charge is 0.558 e. The number of hydrogen-bond donors (Lipinski definition) is 0. The van der Waals surface area contributed by atoms with Gasteiger partial charge in [-0.2, -0.15) is 0 Å². The first kappa shape index (κ1) is 23.8. The molecule has 13 heavy (non-hydrogen) atoms. The Bertz CT molecular complexity index is 43.4. The zero-order valence-electron chi connectivity index (χ0n) is 5.26. The van der Waals surface area contributed by atoms with Gasteiger partial charge in [0.1, 0.15) is 0 Å². The Morgan fingerprint density at radius 3 is 0.385 bits per heavy atom. The van der Waals surface area contributed by atoms with E-state index in [0.29, 0.717) is 0 Å². The third-order valence-electron chi connectivity index (χ3n) is 0. The Morgan fingerprint density at radius 1 is 0.385 bits per heavy atom. The van der Waals surface area contributed by atoms with Crippen LogP contribution in [0, 0.1) is 0 Å². The average molecular weight is 368 g/mol. The molecule has 0 saturated carbocycles. The topological polar surface area (TPSA) is 0 Å². The van der Waals surface area contributed by atoms with E-state index < -0.39 is 26.6 Å². The maximum atomic E-state index is 9.77. The van der Waals surface area contributed by atoms with E-state index in [1.165, 1.54) is 0 Å². The molecule has 0 amide bonds. The second-order valence-electron chi connectivity index (χ2n) is 0.643. The van der Waals surface area contributed by atoms with Gasteiger partial charge in [-0.25, -0.2) is 0 Å². The Morgan fingerprint density at radius 2 is 0.385 bits per heavy atom. The van der Waals surface area contributed by atoms with Crippen molar-refractivity contribution in [1.29, 1.82) is 0 Å². The fourth-order valence-corrected chi connectivity index (χ4v) is 0. The van der Waals surface area contributed by atoms with Crippen molar-refractivity contribution in [2.45, 2.75) is 0 Å². The molecule has 0 aromatic carbocycles. The van der Waals surface area contributed by atoms with Gasteiger partial charge in [0, 0.05) is 57.3 Å². The standard InChI is InChI=1S/3F3HP.Ru/c3*1-4(2)3;/h3*4H;/q3*+1;. The molecule has 0 nitrogen and oxygen atoms in total. The molecule has 0 unspecified atom stereocenters. The summed E-state index contributed by atoms with van der Waals surface area (Å²) in [5.41, 5.74) is 0. The molecule has 0 fully saturated rings. The summed E-state index contributed by atoms with van der Waals surface area (Å²) in [6, 6.07) is 0. The van der Waals surface area contributed by atoms with Crippen molar-refractivity contribution >= 4 is 26.6 Å². The second-order valence-corrected chi connectivity index (χ2v) is 1.93. The summed E-state index contributed by atoms with van der Waals surface area (Å²) in [7, 11) is -13.1. The minimum atomic E-state index is -4.38. The summed E-state index contributed by atoms with van der Waals surface area (Å²) >= 11 is 0. The molecular weight excluding hydrogens is 365 g/mol. The molecule has 0 bridgehead atoms. The summed E-state index contributed by atoms with van der Waals surface area (Å²) in [6.07, 6.45) is 0. The summed E-state index contributed by atoms with van der Waals surface area (Å²) in [6.45, 7) is 0. The van der Waals surface area contributed by atoms with Gasteiger partial charge < -0.3 is 0 Å². The molecular formula is H3F9P3Ru+3. The molecule has 86 valence electrons. The fourth-order valence-electron chi connectivity index (χ4n) is 0. The zero-order valence-corrected chi connectivity index (χ0v) is 9.99. The number of halogens is 9. The third kappa shape index (κ3) is 1030. The third-order valence-corrected chi connectivity index (χ3v) is 0. The zero-order chi connectivity index (χ0) is 10.7. The number of hydrogen-bond acceptors (Lipinski definition) is 0. The minimum Gasteiger partial charge on any atom is 0 e. The number of rotatable bonds is 0. The van der Waals surface area contributed by atoms with Crippen molar-refractivity contribution in [1.82, 2.24) is 0 Å². The van der Waals surface area contributed by atoms with Gasteiger partial charge in [-0.1, -0.05) is 0 Å². The average Bonchev–Trinajstić information content (AvgIpc) is 1.54. The van der Waals surface area contributed by atoms with E-state index in [9.17, 15) is 37.8 Å². The van der Waals surface area contributed by atoms with E-state index in [-0.39, 0.29) is 19.5 Å². The molecule has 0 rings (SSSR count). The quantitative estimate of drug-likeness (QED) is 0.298. The van der Waals surface area contributed by atoms with E-state index in [1.54, 1.807) is 0 Å². The van der Waals surface area contributed by atoms with E-state index in [0.717, 1.165) is 0 Å². The summed E-state index contributed by atoms with van der Waals surface area (Å²) in [5, 5.41) is 0. The van der Waals surface area contributed by atoms with E-state index >= 15 is 0 Å². The molecule has 0 aromatic rings. The SMILES string of the molecule is F[PH+](F)F.F[PH+](F)F.F[PH+](F)F.[Ru]. The van der Waals surface area contributed by atoms with Gasteiger partial charge in [0.25, 0.3) is 0 Å². The molecule has 0 aliphatic rings. The van der Waals surface area contributed by atoms with Crippen LogP contribution in [0.4, 0.5) is 37.8 Å². The molecule has 0 N–H and O–H groups in total. The van der Waals surface area contributed by atoms with Crippen LogP contribution in [-0.4, -0.2) is 0 Å². The first-order valence-corrected chi connectivity index (χ1v) is 5.10. The van der Waals surface area contributed by atoms with Crippen molar-refractivity contribution in [3.05, 3.63) is 0 Å². The Balaban J connectivity index is -0.0000000450. The summed E-state index contributed by atoms with van der Waals surface area (Å²) in [5.74, 6) is 0. The van der Waals surface area contributed by atoms with E-state index in [2.05, 4.69) is 0 Å². The summed E-state index contributed by atoms with van der Waals surface area (Å²) < 4.78 is 87.9. The van der Waals surface area contributed by atoms with Crippen LogP contribution in [0.15, 0.2) is 0 Å². The van der Waals surface area contributed by atoms with Crippen LogP contribution in [0.5, 0.6) is 0 Å². The predicted molar refractivity (Wildman–Crippen MR) is 34.9 cm³/mol. The fraction of sp³-hybridized carbons (Fsp3) is 0. The van der Waals surface area contributed by atoms with Crippen LogP contribution in [0.1, 0.15) is 0 Å². The van der Waals surface area contributed by atoms with Crippen LogP contribution in [0.25, 0.3) is 0 Å². The van der Waals surface area contributed by atoms with Crippen LogP contribution in [0.3, 0.4) is 0 Å². The molecule has 0 aromatic heterocycles. The molecule has 0 atom stereocenters. The van der Waals surface area contributed by atoms with Crippen molar-refractivity contribution < 1.29 is 57.3 Å². The van der Waals surface area contributed by atoms with Crippen molar-refractivity contribution in [3.63, 3.8) is 0 Å². The van der Waals surface area contributed by atoms with Gasteiger partial charge in [0.05, 0.1) is 0 Å². The van der Waals surface area contributed by atoms with Crippen LogP contribution in [-0.2, 0) is 19.5 Å². The smallest absolute Gasteiger partial charge is 0 e. The van der Waals surface area contributed by atoms with Gasteiger partial charge >= 0.3 is 26.6 Å². The molecule has 0 aliphatic heterocycles. The molecule has 0 radical (unpaired) electrons. The van der Waals surface area contributed by atoms with Gasteiger partial charge in [0.15, 0.2) is 0 Å². The van der Waals surface area contributed by atoms with Crippen LogP contribution < -0.4 is 0 Å². The van der Waals surface area contributed by atoms with E-state index in [1.807, 2.05) is 0 Å². The van der Waals surface area contributed by atoms with Gasteiger partial charge in [-0.05, 0) is 0 Å². The van der Waals surface area contributed by atoms with Crippen LogP contribution in [0.2, 0.25) is 0 Å². The maximum Gasteiger partial charge on any atom is 0.558 e. The first-order chi connectivity index (χ1) is 5.20. The monoisotopic (exact) mass is 369 g/mol. The Labute approximate surface area is 84.4 Å². The van der Waals surface area contributed by atoms with Gasteiger partial charge in [-0.15, -0.1) is 0 Å². The predicted octanol–water partition coefficient (Wildman–Crippen LogP) is 5.56. The maximum absolute atomic E-state index is 9.77. The van der Waals surface area contributed by atoms with Crippen molar-refractivity contribution in [2.75, 3.05) is 0 Å². The van der Waals surface area contributed by atoms with Crippen LogP contribution >= 0.6 is 26.6 Å². The van der Waals surface area contributed by atoms with Crippen molar-refractivity contribution in [2.24, 2.45) is 0 Å². The van der Waals surface area contributed by atoms with Gasteiger partial charge in [0.2, 0.25) is 0 Å². The van der Waals surface area contributed by atoms with E-state index in [4.69, 9.17) is 0 Å². The summed E-state index contributed by atoms with van der Waals surface area (Å²) in [4.78, 5) is 0. The molecule has 13 heteroatoms. The Hall–Kier alpha value is 1.28. The first-order valence-electron chi connectivity index (χ1n) is 1.70. The molecule has 0 saturated heterocycles. The normalized spacial score (nSPS) is 8.31.